The number of thiophene rings is 1. The molecular formula is C21H29N3O2S2. The van der Waals surface area contributed by atoms with Crippen LogP contribution in [0.15, 0.2) is 22.6 Å². The summed E-state index contributed by atoms with van der Waals surface area (Å²) in [5, 5.41) is 4.46. The van der Waals surface area contributed by atoms with Crippen LogP contribution in [0.5, 0.6) is 0 Å². The Balaban J connectivity index is 1.78. The molecule has 5 nitrogen and oxygen atoms in total. The van der Waals surface area contributed by atoms with Gasteiger partial charge in [-0.15, -0.1) is 17.9 Å². The molecule has 3 rings (SSSR count). The first kappa shape index (κ1) is 21.1. The summed E-state index contributed by atoms with van der Waals surface area (Å²) in [6.45, 7) is 12.6. The van der Waals surface area contributed by atoms with Gasteiger partial charge in [0.15, 0.2) is 5.16 Å². The molecule has 7 heteroatoms. The highest BCUT2D eigenvalue weighted by Crippen LogP contribution is 2.30. The smallest absolute Gasteiger partial charge is 0.263 e. The average Bonchev–Trinajstić information content (AvgIpc) is 2.94. The van der Waals surface area contributed by atoms with Crippen molar-refractivity contribution >= 4 is 39.2 Å². The summed E-state index contributed by atoms with van der Waals surface area (Å²) in [4.78, 5) is 32.1. The summed E-state index contributed by atoms with van der Waals surface area (Å²) in [5.41, 5.74) is 0.939. The second kappa shape index (κ2) is 8.82. The molecule has 1 amide bonds. The summed E-state index contributed by atoms with van der Waals surface area (Å²) in [7, 11) is 0. The Morgan fingerprint density at radius 1 is 1.39 bits per heavy atom. The number of carbonyl (C=O) groups is 1. The van der Waals surface area contributed by atoms with Crippen LogP contribution in [0.2, 0.25) is 0 Å². The van der Waals surface area contributed by atoms with Crippen molar-refractivity contribution in [2.75, 3.05) is 5.75 Å². The number of fused-ring (bicyclic) bond motifs is 1. The van der Waals surface area contributed by atoms with Crippen molar-refractivity contribution < 1.29 is 4.79 Å². The fraction of sp³-hybridized carbons (Fsp3) is 0.571. The monoisotopic (exact) mass is 419 g/mol. The quantitative estimate of drug-likeness (QED) is 0.431. The number of hydrogen-bond acceptors (Lipinski definition) is 5. The van der Waals surface area contributed by atoms with Crippen LogP contribution in [0.25, 0.3) is 10.2 Å². The molecule has 2 aromatic heterocycles. The largest absolute Gasteiger partial charge is 0.352 e. The zero-order chi connectivity index (χ0) is 20.4. The lowest BCUT2D eigenvalue weighted by Gasteiger charge is -2.34. The highest BCUT2D eigenvalue weighted by atomic mass is 32.2. The second-order valence-electron chi connectivity index (χ2n) is 7.79. The maximum Gasteiger partial charge on any atom is 0.263 e. The van der Waals surface area contributed by atoms with Crippen LogP contribution in [0, 0.1) is 25.7 Å². The Labute approximate surface area is 174 Å². The number of hydrogen-bond donors (Lipinski definition) is 1. The molecule has 152 valence electrons. The van der Waals surface area contributed by atoms with Crippen LogP contribution >= 0.6 is 23.1 Å². The molecule has 0 saturated heterocycles. The Morgan fingerprint density at radius 3 is 2.86 bits per heavy atom. The van der Waals surface area contributed by atoms with E-state index < -0.39 is 0 Å². The molecule has 1 aliphatic carbocycles. The first-order chi connectivity index (χ1) is 13.3. The summed E-state index contributed by atoms with van der Waals surface area (Å²) < 4.78 is 1.62. The predicted molar refractivity (Wildman–Crippen MR) is 118 cm³/mol. The maximum absolute atomic E-state index is 13.0. The van der Waals surface area contributed by atoms with Gasteiger partial charge in [0.25, 0.3) is 5.56 Å². The third-order valence-corrected chi connectivity index (χ3v) is 8.03. The van der Waals surface area contributed by atoms with E-state index >= 15 is 0 Å². The number of allylic oxidation sites excluding steroid dienone is 1. The molecular weight excluding hydrogens is 390 g/mol. The van der Waals surface area contributed by atoms with E-state index in [2.05, 4.69) is 25.7 Å². The highest BCUT2D eigenvalue weighted by molar-refractivity contribution is 7.99. The lowest BCUT2D eigenvalue weighted by atomic mass is 9.78. The van der Waals surface area contributed by atoms with E-state index in [1.54, 1.807) is 10.6 Å². The Hall–Kier alpha value is -1.60. The minimum atomic E-state index is -0.0515. The summed E-state index contributed by atoms with van der Waals surface area (Å²) in [5.74, 6) is 1.40. The normalized spacial score (nSPS) is 22.4. The summed E-state index contributed by atoms with van der Waals surface area (Å²) in [6.07, 6.45) is 5.14. The topological polar surface area (TPSA) is 64.0 Å². The molecule has 0 spiro atoms. The number of aryl methyl sites for hydroxylation is 2. The Bertz CT molecular complexity index is 947. The molecule has 3 unspecified atom stereocenters. The molecule has 28 heavy (non-hydrogen) atoms. The van der Waals surface area contributed by atoms with E-state index in [0.717, 1.165) is 28.1 Å². The SMILES string of the molecule is C=CCn1c(SCC(=O)NC2CCCC(C)C2C)nc2sc(C)c(C)c2c1=O. The Kier molecular flexibility index (Phi) is 6.65. The average molecular weight is 420 g/mol. The van der Waals surface area contributed by atoms with Gasteiger partial charge in [-0.05, 0) is 37.7 Å². The van der Waals surface area contributed by atoms with Crippen molar-refractivity contribution in [1.82, 2.24) is 14.9 Å². The van der Waals surface area contributed by atoms with Gasteiger partial charge < -0.3 is 5.32 Å². The molecule has 2 heterocycles. The van der Waals surface area contributed by atoms with Gasteiger partial charge in [-0.25, -0.2) is 4.98 Å². The predicted octanol–water partition coefficient (Wildman–Crippen LogP) is 4.29. The minimum absolute atomic E-state index is 0.00832. The molecule has 1 fully saturated rings. The molecule has 0 aromatic carbocycles. The van der Waals surface area contributed by atoms with Crippen molar-refractivity contribution in [2.24, 2.45) is 11.8 Å². The van der Waals surface area contributed by atoms with Crippen LogP contribution in [0.1, 0.15) is 43.6 Å². The zero-order valence-corrected chi connectivity index (χ0v) is 18.7. The van der Waals surface area contributed by atoms with Gasteiger partial charge in [0.05, 0.1) is 11.1 Å². The van der Waals surface area contributed by atoms with Crippen LogP contribution in [0.3, 0.4) is 0 Å². The van der Waals surface area contributed by atoms with Crippen LogP contribution in [-0.2, 0) is 11.3 Å². The van der Waals surface area contributed by atoms with Gasteiger partial charge in [0.2, 0.25) is 5.91 Å². The van der Waals surface area contributed by atoms with Crippen molar-refractivity contribution in [3.8, 4) is 0 Å². The third kappa shape index (κ3) is 4.20. The van der Waals surface area contributed by atoms with Crippen molar-refractivity contribution in [3.05, 3.63) is 33.4 Å². The fourth-order valence-corrected chi connectivity index (χ4v) is 5.76. The third-order valence-electron chi connectivity index (χ3n) is 5.95. The number of aromatic nitrogens is 2. The molecule has 0 bridgehead atoms. The first-order valence-corrected chi connectivity index (χ1v) is 11.7. The van der Waals surface area contributed by atoms with E-state index in [-0.39, 0.29) is 23.3 Å². The maximum atomic E-state index is 13.0. The van der Waals surface area contributed by atoms with Gasteiger partial charge in [-0.1, -0.05) is 44.5 Å². The van der Waals surface area contributed by atoms with Gasteiger partial charge in [-0.3, -0.25) is 14.2 Å². The lowest BCUT2D eigenvalue weighted by molar-refractivity contribution is -0.120. The molecule has 1 N–H and O–H groups in total. The lowest BCUT2D eigenvalue weighted by Crippen LogP contribution is -2.44. The van der Waals surface area contributed by atoms with E-state index in [4.69, 9.17) is 4.98 Å². The molecule has 1 saturated carbocycles. The number of amides is 1. The first-order valence-electron chi connectivity index (χ1n) is 9.87. The van der Waals surface area contributed by atoms with E-state index in [1.165, 1.54) is 29.5 Å². The van der Waals surface area contributed by atoms with E-state index in [1.807, 2.05) is 13.8 Å². The van der Waals surface area contributed by atoms with Crippen LogP contribution < -0.4 is 10.9 Å². The fourth-order valence-electron chi connectivity index (χ4n) is 3.87. The molecule has 0 radical (unpaired) electrons. The van der Waals surface area contributed by atoms with E-state index in [0.29, 0.717) is 28.9 Å². The van der Waals surface area contributed by atoms with Gasteiger partial charge in [0, 0.05) is 17.5 Å². The van der Waals surface area contributed by atoms with Crippen LogP contribution in [0.4, 0.5) is 0 Å². The molecule has 3 atom stereocenters. The van der Waals surface area contributed by atoms with Gasteiger partial charge in [-0.2, -0.15) is 0 Å². The number of thioether (sulfide) groups is 1. The molecule has 1 aliphatic rings. The summed E-state index contributed by atoms with van der Waals surface area (Å²) >= 11 is 2.86. The zero-order valence-electron chi connectivity index (χ0n) is 17.1. The van der Waals surface area contributed by atoms with Gasteiger partial charge in [0.1, 0.15) is 4.83 Å². The standard InChI is InChI=1S/C21H29N3O2S2/c1-6-10-24-20(26)18-14(4)15(5)28-19(18)23-21(24)27-11-17(25)22-16-9-7-8-12(2)13(16)3/h6,12-13,16H,1,7-11H2,2-5H3,(H,22,25). The Morgan fingerprint density at radius 2 is 2.14 bits per heavy atom. The molecule has 0 aliphatic heterocycles. The van der Waals surface area contributed by atoms with Crippen molar-refractivity contribution in [1.29, 1.82) is 0 Å². The van der Waals surface area contributed by atoms with Crippen molar-refractivity contribution in [2.45, 2.75) is 64.7 Å². The highest BCUT2D eigenvalue weighted by Gasteiger charge is 2.28. The van der Waals surface area contributed by atoms with Crippen LogP contribution in [-0.4, -0.2) is 27.3 Å². The number of nitrogens with zero attached hydrogens (tertiary/aromatic N) is 2. The number of nitrogens with one attached hydrogen (secondary N) is 1. The number of rotatable bonds is 6. The number of carbonyl (C=O) groups excluding carboxylic acids is 1. The minimum Gasteiger partial charge on any atom is -0.352 e. The van der Waals surface area contributed by atoms with E-state index in [9.17, 15) is 9.59 Å². The van der Waals surface area contributed by atoms with Crippen molar-refractivity contribution in [3.63, 3.8) is 0 Å². The van der Waals surface area contributed by atoms with Gasteiger partial charge >= 0.3 is 0 Å². The second-order valence-corrected chi connectivity index (χ2v) is 9.94. The summed E-state index contributed by atoms with van der Waals surface area (Å²) in [6, 6.07) is 0.241. The molecule has 2 aromatic rings.